The van der Waals surface area contributed by atoms with Crippen LogP contribution in [0.15, 0.2) is 41.8 Å². The number of hydrogen-bond donors (Lipinski definition) is 2. The van der Waals surface area contributed by atoms with E-state index in [1.54, 1.807) is 18.7 Å². The summed E-state index contributed by atoms with van der Waals surface area (Å²) in [6, 6.07) is 8.39. The zero-order valence-electron chi connectivity index (χ0n) is 19.8. The van der Waals surface area contributed by atoms with Gasteiger partial charge in [-0.25, -0.2) is 14.4 Å². The van der Waals surface area contributed by atoms with E-state index in [1.807, 2.05) is 33.0 Å². The van der Waals surface area contributed by atoms with E-state index >= 15 is 0 Å². The maximum Gasteiger partial charge on any atom is 0.168 e. The van der Waals surface area contributed by atoms with Crippen LogP contribution in [0, 0.1) is 6.92 Å². The largest absolute Gasteiger partial charge is 0.373 e. The Hall–Kier alpha value is -1.38. The van der Waals surface area contributed by atoms with Gasteiger partial charge in [-0.1, -0.05) is 19.1 Å². The van der Waals surface area contributed by atoms with Gasteiger partial charge in [0, 0.05) is 23.9 Å². The van der Waals surface area contributed by atoms with E-state index in [2.05, 4.69) is 68.0 Å². The van der Waals surface area contributed by atoms with Gasteiger partial charge in [0.15, 0.2) is 5.65 Å². The van der Waals surface area contributed by atoms with Crippen molar-refractivity contribution in [3.63, 3.8) is 0 Å². The van der Waals surface area contributed by atoms with E-state index in [4.69, 9.17) is 9.97 Å². The summed E-state index contributed by atoms with van der Waals surface area (Å²) in [7, 11) is 1.87. The zero-order valence-corrected chi connectivity index (χ0v) is 23.8. The first-order valence-corrected chi connectivity index (χ1v) is 16.3. The molecule has 0 aliphatic rings. The third-order valence-electron chi connectivity index (χ3n) is 6.05. The molecule has 0 aliphatic heterocycles. The third-order valence-corrected chi connectivity index (χ3v) is 8.97. The van der Waals surface area contributed by atoms with Gasteiger partial charge in [-0.3, -0.25) is 4.34 Å². The van der Waals surface area contributed by atoms with Crippen LogP contribution in [0.4, 0.5) is 21.6 Å². The SMILES string of the molecule is C=CC(CCC(C)(F)CC)c1ccc(Nc2cc(NC)nc3c2nc(C)n3PI)c(SC)c1. The van der Waals surface area contributed by atoms with E-state index in [0.717, 1.165) is 51.1 Å². The van der Waals surface area contributed by atoms with Crippen LogP contribution in [0.3, 0.4) is 0 Å². The first kappa shape index (κ1) is 26.2. The van der Waals surface area contributed by atoms with Crippen LogP contribution in [0.5, 0.6) is 0 Å². The molecule has 33 heavy (non-hydrogen) atoms. The van der Waals surface area contributed by atoms with Crippen molar-refractivity contribution in [2.45, 2.75) is 56.5 Å². The van der Waals surface area contributed by atoms with Crippen LogP contribution in [0.2, 0.25) is 0 Å². The fourth-order valence-corrected chi connectivity index (χ4v) is 6.46. The van der Waals surface area contributed by atoms with Crippen LogP contribution < -0.4 is 10.6 Å². The van der Waals surface area contributed by atoms with Crippen molar-refractivity contribution >= 4 is 68.5 Å². The van der Waals surface area contributed by atoms with Gasteiger partial charge in [0.2, 0.25) is 0 Å². The summed E-state index contributed by atoms with van der Waals surface area (Å²) in [6.45, 7) is 9.60. The van der Waals surface area contributed by atoms with Crippen molar-refractivity contribution in [3.05, 3.63) is 48.3 Å². The number of hydrogen-bond acceptors (Lipinski definition) is 5. The van der Waals surface area contributed by atoms with Gasteiger partial charge >= 0.3 is 0 Å². The Morgan fingerprint density at radius 1 is 1.33 bits per heavy atom. The van der Waals surface area contributed by atoms with E-state index in [-0.39, 0.29) is 5.92 Å². The number of rotatable bonds is 11. The van der Waals surface area contributed by atoms with E-state index < -0.39 is 5.67 Å². The van der Waals surface area contributed by atoms with Crippen molar-refractivity contribution in [3.8, 4) is 0 Å². The van der Waals surface area contributed by atoms with Crippen LogP contribution in [-0.2, 0) is 0 Å². The number of thioether (sulfide) groups is 1. The lowest BCUT2D eigenvalue weighted by Gasteiger charge is -2.22. The second-order valence-electron chi connectivity index (χ2n) is 8.29. The van der Waals surface area contributed by atoms with Gasteiger partial charge in [-0.2, -0.15) is 0 Å². The maximum absolute atomic E-state index is 14.5. The molecular weight excluding hydrogens is 567 g/mol. The Bertz CT molecular complexity index is 1130. The fourth-order valence-electron chi connectivity index (χ4n) is 3.72. The van der Waals surface area contributed by atoms with Gasteiger partial charge in [0.05, 0.1) is 17.7 Å². The molecule has 178 valence electrons. The Labute approximate surface area is 215 Å². The highest BCUT2D eigenvalue weighted by atomic mass is 127. The van der Waals surface area contributed by atoms with Crippen LogP contribution in [0.1, 0.15) is 50.4 Å². The molecule has 0 amide bonds. The quantitative estimate of drug-likeness (QED) is 0.101. The molecule has 3 unspecified atom stereocenters. The number of nitrogens with zero attached hydrogens (tertiary/aromatic N) is 3. The molecular formula is C24H32FIN5PS. The van der Waals surface area contributed by atoms with E-state index in [9.17, 15) is 4.39 Å². The van der Waals surface area contributed by atoms with Crippen LogP contribution in [-0.4, -0.2) is 33.3 Å². The molecule has 3 atom stereocenters. The molecule has 0 spiro atoms. The van der Waals surface area contributed by atoms with Gasteiger partial charge in [-0.05, 0) is 79.1 Å². The molecule has 1 aromatic carbocycles. The summed E-state index contributed by atoms with van der Waals surface area (Å²) >= 11 is 4.04. The highest BCUT2D eigenvalue weighted by Gasteiger charge is 2.22. The standard InChI is InChI=1S/C24H32FIN5PS/c1-7-16(11-12-24(4,25)8-2)17-9-10-18(20(13-17)33-6)29-19-14-21(27-5)30-23-22(19)28-15(3)31(23)32-26/h7,9-10,13-14,16,32H,1,8,11-12H2,2-6H3,(H2,27,29,30). The molecule has 0 saturated heterocycles. The highest BCUT2D eigenvalue weighted by molar-refractivity contribution is 14.2. The number of aryl methyl sites for hydroxylation is 1. The summed E-state index contributed by atoms with van der Waals surface area (Å²) in [5, 5.41) is 6.75. The Balaban J connectivity index is 1.95. The van der Waals surface area contributed by atoms with Crippen LogP contribution >= 0.6 is 40.2 Å². The van der Waals surface area contributed by atoms with Crippen LogP contribution in [0.25, 0.3) is 11.2 Å². The smallest absolute Gasteiger partial charge is 0.168 e. The van der Waals surface area contributed by atoms with Crippen molar-refractivity contribution in [2.75, 3.05) is 23.9 Å². The number of aromatic nitrogens is 3. The van der Waals surface area contributed by atoms with Gasteiger partial charge in [-0.15, -0.1) is 18.3 Å². The molecule has 2 heterocycles. The molecule has 2 aromatic heterocycles. The number of pyridine rings is 1. The number of imidazole rings is 1. The second kappa shape index (κ2) is 11.4. The van der Waals surface area contributed by atoms with Crippen molar-refractivity contribution in [2.24, 2.45) is 0 Å². The van der Waals surface area contributed by atoms with E-state index in [0.29, 0.717) is 19.2 Å². The normalized spacial score (nSPS) is 14.5. The molecule has 0 bridgehead atoms. The number of nitrogens with one attached hydrogen (secondary N) is 2. The monoisotopic (exact) mass is 599 g/mol. The number of fused-ring (bicyclic) bond motifs is 1. The third kappa shape index (κ3) is 6.01. The molecule has 9 heteroatoms. The lowest BCUT2D eigenvalue weighted by atomic mass is 9.88. The number of anilines is 3. The minimum atomic E-state index is -1.14. The molecule has 2 N–H and O–H groups in total. The lowest BCUT2D eigenvalue weighted by molar-refractivity contribution is 0.163. The predicted octanol–water partition coefficient (Wildman–Crippen LogP) is 8.23. The summed E-state index contributed by atoms with van der Waals surface area (Å²) in [5.41, 5.74) is 3.68. The number of halogens is 2. The summed E-state index contributed by atoms with van der Waals surface area (Å²) < 4.78 is 16.6. The molecule has 0 aliphatic carbocycles. The summed E-state index contributed by atoms with van der Waals surface area (Å²) in [6.07, 6.45) is 6.32. The number of alkyl halides is 1. The second-order valence-corrected chi connectivity index (χ2v) is 11.2. The first-order chi connectivity index (χ1) is 15.8. The van der Waals surface area contributed by atoms with Gasteiger partial charge < -0.3 is 10.6 Å². The average Bonchev–Trinajstić information content (AvgIpc) is 3.14. The predicted molar refractivity (Wildman–Crippen MR) is 153 cm³/mol. The molecule has 0 radical (unpaired) electrons. The average molecular weight is 599 g/mol. The Morgan fingerprint density at radius 2 is 2.09 bits per heavy atom. The lowest BCUT2D eigenvalue weighted by Crippen LogP contribution is -2.17. The summed E-state index contributed by atoms with van der Waals surface area (Å²) in [5.74, 6) is 1.86. The zero-order chi connectivity index (χ0) is 24.2. The molecule has 5 nitrogen and oxygen atoms in total. The summed E-state index contributed by atoms with van der Waals surface area (Å²) in [4.78, 5) is 10.6. The fraction of sp³-hybridized carbons (Fsp3) is 0.417. The molecule has 0 saturated carbocycles. The topological polar surface area (TPSA) is 54.8 Å². The molecule has 3 aromatic rings. The Kier molecular flexibility index (Phi) is 9.03. The van der Waals surface area contributed by atoms with Crippen molar-refractivity contribution in [1.29, 1.82) is 0 Å². The minimum absolute atomic E-state index is 0.123. The maximum atomic E-state index is 14.5. The van der Waals surface area contributed by atoms with Crippen molar-refractivity contribution in [1.82, 2.24) is 14.3 Å². The molecule has 0 fully saturated rings. The van der Waals surface area contributed by atoms with Gasteiger partial charge in [0.25, 0.3) is 0 Å². The molecule has 3 rings (SSSR count). The van der Waals surface area contributed by atoms with E-state index in [1.165, 1.54) is 0 Å². The first-order valence-electron chi connectivity index (χ1n) is 11.0. The highest BCUT2D eigenvalue weighted by Crippen LogP contribution is 2.38. The number of allylic oxidation sites excluding steroid dienone is 1. The number of benzene rings is 1. The van der Waals surface area contributed by atoms with Gasteiger partial charge in [0.1, 0.15) is 22.8 Å². The van der Waals surface area contributed by atoms with Crippen molar-refractivity contribution < 1.29 is 4.39 Å². The minimum Gasteiger partial charge on any atom is -0.373 e. The Morgan fingerprint density at radius 3 is 2.70 bits per heavy atom.